The van der Waals surface area contributed by atoms with E-state index in [1.807, 2.05) is 23.1 Å². The number of rotatable bonds is 5. The van der Waals surface area contributed by atoms with E-state index in [9.17, 15) is 4.79 Å². The molecule has 0 saturated carbocycles. The van der Waals surface area contributed by atoms with E-state index in [0.29, 0.717) is 19.0 Å². The zero-order valence-corrected chi connectivity index (χ0v) is 14.8. The van der Waals surface area contributed by atoms with Gasteiger partial charge >= 0.3 is 0 Å². The number of furan rings is 1. The lowest BCUT2D eigenvalue weighted by atomic mass is 9.76. The molecule has 2 aromatic heterocycles. The van der Waals surface area contributed by atoms with Crippen LogP contribution in [0.3, 0.4) is 0 Å². The third-order valence-electron chi connectivity index (χ3n) is 5.41. The quantitative estimate of drug-likeness (QED) is 0.824. The SMILES string of the molecule is O=C(c1ccco1)N1CCC2(CC1)CO[C@H](COCc1ccccn1)C2. The third kappa shape index (κ3) is 3.81. The Hall–Kier alpha value is -2.18. The molecule has 0 aromatic carbocycles. The van der Waals surface area contributed by atoms with E-state index in [0.717, 1.165) is 44.7 Å². The van der Waals surface area contributed by atoms with Gasteiger partial charge in [0.15, 0.2) is 5.76 Å². The van der Waals surface area contributed by atoms with Crippen molar-refractivity contribution in [3.63, 3.8) is 0 Å². The molecule has 6 nitrogen and oxygen atoms in total. The Morgan fingerprint density at radius 1 is 1.27 bits per heavy atom. The van der Waals surface area contributed by atoms with Gasteiger partial charge in [0.1, 0.15) is 0 Å². The lowest BCUT2D eigenvalue weighted by Crippen LogP contribution is -2.43. The highest BCUT2D eigenvalue weighted by Gasteiger charge is 2.43. The lowest BCUT2D eigenvalue weighted by molar-refractivity contribution is 0.00569. The molecule has 0 radical (unpaired) electrons. The van der Waals surface area contributed by atoms with Crippen LogP contribution in [0.15, 0.2) is 47.2 Å². The molecule has 4 heterocycles. The summed E-state index contributed by atoms with van der Waals surface area (Å²) in [6.07, 6.45) is 6.38. The minimum atomic E-state index is -0.0148. The molecule has 1 amide bonds. The van der Waals surface area contributed by atoms with E-state index in [4.69, 9.17) is 13.9 Å². The Labute approximate surface area is 153 Å². The molecule has 6 heteroatoms. The van der Waals surface area contributed by atoms with Crippen LogP contribution in [0.5, 0.6) is 0 Å². The fourth-order valence-corrected chi connectivity index (χ4v) is 3.87. The number of pyridine rings is 1. The number of hydrogen-bond acceptors (Lipinski definition) is 5. The average molecular weight is 356 g/mol. The highest BCUT2D eigenvalue weighted by molar-refractivity contribution is 5.91. The maximum atomic E-state index is 12.4. The molecular weight excluding hydrogens is 332 g/mol. The highest BCUT2D eigenvalue weighted by atomic mass is 16.5. The Balaban J connectivity index is 1.23. The second-order valence-electron chi connectivity index (χ2n) is 7.24. The van der Waals surface area contributed by atoms with Gasteiger partial charge in [-0.05, 0) is 48.9 Å². The molecule has 138 valence electrons. The van der Waals surface area contributed by atoms with Crippen LogP contribution in [0.1, 0.15) is 35.5 Å². The molecule has 2 aliphatic heterocycles. The number of carbonyl (C=O) groups is 1. The van der Waals surface area contributed by atoms with Crippen LogP contribution in [-0.2, 0) is 16.1 Å². The van der Waals surface area contributed by atoms with Crippen LogP contribution in [0.2, 0.25) is 0 Å². The molecule has 4 rings (SSSR count). The maximum absolute atomic E-state index is 12.4. The number of nitrogens with zero attached hydrogens (tertiary/aromatic N) is 2. The number of aromatic nitrogens is 1. The summed E-state index contributed by atoms with van der Waals surface area (Å²) in [4.78, 5) is 18.5. The van der Waals surface area contributed by atoms with Gasteiger partial charge in [0, 0.05) is 19.3 Å². The van der Waals surface area contributed by atoms with Crippen LogP contribution in [0, 0.1) is 5.41 Å². The van der Waals surface area contributed by atoms with Gasteiger partial charge in [0.05, 0.1) is 37.9 Å². The standard InChI is InChI=1S/C20H24N2O4/c23-19(18-5-3-11-25-18)22-9-6-20(7-10-22)12-17(26-15-20)14-24-13-16-4-1-2-8-21-16/h1-5,8,11,17H,6-7,9-10,12-15H2/t17-/m0/s1. The van der Waals surface area contributed by atoms with Gasteiger partial charge < -0.3 is 18.8 Å². The average Bonchev–Trinajstić information content (AvgIpc) is 3.34. The first-order chi connectivity index (χ1) is 12.7. The third-order valence-corrected chi connectivity index (χ3v) is 5.41. The largest absolute Gasteiger partial charge is 0.459 e. The number of hydrogen-bond donors (Lipinski definition) is 0. The highest BCUT2D eigenvalue weighted by Crippen LogP contribution is 2.42. The molecular formula is C20H24N2O4. The monoisotopic (exact) mass is 356 g/mol. The van der Waals surface area contributed by atoms with Gasteiger partial charge in [-0.1, -0.05) is 6.07 Å². The molecule has 2 aromatic rings. The molecule has 0 bridgehead atoms. The van der Waals surface area contributed by atoms with Crippen LogP contribution < -0.4 is 0 Å². The van der Waals surface area contributed by atoms with Gasteiger partial charge in [-0.3, -0.25) is 9.78 Å². The molecule has 0 aliphatic carbocycles. The van der Waals surface area contributed by atoms with Crippen molar-refractivity contribution in [3.05, 3.63) is 54.2 Å². The molecule has 2 aliphatic rings. The summed E-state index contributed by atoms with van der Waals surface area (Å²) in [5, 5.41) is 0. The van der Waals surface area contributed by atoms with Gasteiger partial charge in [-0.15, -0.1) is 0 Å². The summed E-state index contributed by atoms with van der Waals surface area (Å²) < 4.78 is 17.0. The topological polar surface area (TPSA) is 64.8 Å². The predicted molar refractivity (Wildman–Crippen MR) is 94.5 cm³/mol. The van der Waals surface area contributed by atoms with Crippen LogP contribution in [0.4, 0.5) is 0 Å². The fourth-order valence-electron chi connectivity index (χ4n) is 3.87. The molecule has 0 unspecified atom stereocenters. The summed E-state index contributed by atoms with van der Waals surface area (Å²) in [6, 6.07) is 9.29. The smallest absolute Gasteiger partial charge is 0.289 e. The second kappa shape index (κ2) is 7.60. The van der Waals surface area contributed by atoms with Crippen LogP contribution >= 0.6 is 0 Å². The summed E-state index contributed by atoms with van der Waals surface area (Å²) in [5.74, 6) is 0.406. The summed E-state index contributed by atoms with van der Waals surface area (Å²) in [6.45, 7) is 3.37. The van der Waals surface area contributed by atoms with Crippen LogP contribution in [0.25, 0.3) is 0 Å². The zero-order valence-electron chi connectivity index (χ0n) is 14.8. The Morgan fingerprint density at radius 2 is 2.15 bits per heavy atom. The minimum Gasteiger partial charge on any atom is -0.459 e. The van der Waals surface area contributed by atoms with Crippen molar-refractivity contribution in [2.45, 2.75) is 32.0 Å². The minimum absolute atomic E-state index is 0.0148. The van der Waals surface area contributed by atoms with Crippen molar-refractivity contribution < 1.29 is 18.7 Å². The van der Waals surface area contributed by atoms with E-state index in [1.54, 1.807) is 24.6 Å². The Bertz CT molecular complexity index is 709. The second-order valence-corrected chi connectivity index (χ2v) is 7.24. The number of likely N-dealkylation sites (tertiary alicyclic amines) is 1. The molecule has 0 N–H and O–H groups in total. The molecule has 1 atom stereocenters. The molecule has 1 spiro atoms. The van der Waals surface area contributed by atoms with Gasteiger partial charge in [0.2, 0.25) is 0 Å². The van der Waals surface area contributed by atoms with Crippen molar-refractivity contribution in [2.75, 3.05) is 26.3 Å². The van der Waals surface area contributed by atoms with E-state index < -0.39 is 0 Å². The van der Waals surface area contributed by atoms with Gasteiger partial charge in [-0.25, -0.2) is 0 Å². The van der Waals surface area contributed by atoms with Crippen molar-refractivity contribution in [1.29, 1.82) is 0 Å². The predicted octanol–water partition coefficient (Wildman–Crippen LogP) is 2.90. The number of ether oxygens (including phenoxy) is 2. The van der Waals surface area contributed by atoms with Crippen molar-refractivity contribution in [2.24, 2.45) is 5.41 Å². The number of piperidine rings is 1. The van der Waals surface area contributed by atoms with E-state index in [1.165, 1.54) is 0 Å². The summed E-state index contributed by atoms with van der Waals surface area (Å²) in [5.41, 5.74) is 1.11. The zero-order chi connectivity index (χ0) is 17.8. The first-order valence-electron chi connectivity index (χ1n) is 9.16. The fraction of sp³-hybridized carbons (Fsp3) is 0.500. The first-order valence-corrected chi connectivity index (χ1v) is 9.16. The van der Waals surface area contributed by atoms with E-state index >= 15 is 0 Å². The van der Waals surface area contributed by atoms with Crippen molar-refractivity contribution >= 4 is 5.91 Å². The van der Waals surface area contributed by atoms with Crippen molar-refractivity contribution in [1.82, 2.24) is 9.88 Å². The normalized spacial score (nSPS) is 22.0. The number of amides is 1. The Kier molecular flexibility index (Phi) is 5.04. The first kappa shape index (κ1) is 17.2. The lowest BCUT2D eigenvalue weighted by Gasteiger charge is -2.38. The molecule has 26 heavy (non-hydrogen) atoms. The van der Waals surface area contributed by atoms with E-state index in [-0.39, 0.29) is 17.4 Å². The Morgan fingerprint density at radius 3 is 2.88 bits per heavy atom. The summed E-state index contributed by atoms with van der Waals surface area (Å²) >= 11 is 0. The maximum Gasteiger partial charge on any atom is 0.289 e. The van der Waals surface area contributed by atoms with Gasteiger partial charge in [0.25, 0.3) is 5.91 Å². The summed E-state index contributed by atoms with van der Waals surface area (Å²) in [7, 11) is 0. The molecule has 2 fully saturated rings. The number of carbonyl (C=O) groups excluding carboxylic acids is 1. The van der Waals surface area contributed by atoms with Crippen molar-refractivity contribution in [3.8, 4) is 0 Å². The van der Waals surface area contributed by atoms with Crippen LogP contribution in [-0.4, -0.2) is 48.2 Å². The van der Waals surface area contributed by atoms with Gasteiger partial charge in [-0.2, -0.15) is 0 Å². The molecule has 2 saturated heterocycles. The van der Waals surface area contributed by atoms with E-state index in [2.05, 4.69) is 4.98 Å².